The average molecular weight is 314 g/mol. The SMILES string of the molecule is O=C(O)c1cn(-c2ccccc2I)cn1. The van der Waals surface area contributed by atoms with Crippen LogP contribution in [0.2, 0.25) is 0 Å². The van der Waals surface area contributed by atoms with Crippen molar-refractivity contribution in [3.63, 3.8) is 0 Å². The van der Waals surface area contributed by atoms with Gasteiger partial charge >= 0.3 is 5.97 Å². The predicted octanol–water partition coefficient (Wildman–Crippen LogP) is 2.18. The maximum atomic E-state index is 10.7. The zero-order valence-electron chi connectivity index (χ0n) is 7.59. The number of rotatable bonds is 2. The number of imidazole rings is 1. The van der Waals surface area contributed by atoms with Crippen molar-refractivity contribution in [2.24, 2.45) is 0 Å². The van der Waals surface area contributed by atoms with Gasteiger partial charge in [0.1, 0.15) is 6.33 Å². The molecule has 5 heteroatoms. The van der Waals surface area contributed by atoms with E-state index in [1.165, 1.54) is 12.5 Å². The van der Waals surface area contributed by atoms with Crippen LogP contribution in [0.15, 0.2) is 36.8 Å². The van der Waals surface area contributed by atoms with Crippen molar-refractivity contribution in [2.45, 2.75) is 0 Å². The Labute approximate surface area is 99.7 Å². The highest BCUT2D eigenvalue weighted by molar-refractivity contribution is 14.1. The normalized spacial score (nSPS) is 10.2. The Kier molecular flexibility index (Phi) is 2.72. The number of carbonyl (C=O) groups is 1. The van der Waals surface area contributed by atoms with Crippen molar-refractivity contribution < 1.29 is 9.90 Å². The summed E-state index contributed by atoms with van der Waals surface area (Å²) in [7, 11) is 0. The molecule has 15 heavy (non-hydrogen) atoms. The molecule has 0 spiro atoms. The molecule has 0 saturated heterocycles. The first-order chi connectivity index (χ1) is 7.18. The van der Waals surface area contributed by atoms with E-state index < -0.39 is 5.97 Å². The second-order valence-corrected chi connectivity index (χ2v) is 4.08. The topological polar surface area (TPSA) is 55.1 Å². The van der Waals surface area contributed by atoms with Crippen LogP contribution in [0.4, 0.5) is 0 Å². The van der Waals surface area contributed by atoms with Gasteiger partial charge in [-0.3, -0.25) is 0 Å². The molecule has 0 aliphatic heterocycles. The van der Waals surface area contributed by atoms with E-state index in [-0.39, 0.29) is 5.69 Å². The van der Waals surface area contributed by atoms with Crippen molar-refractivity contribution in [1.29, 1.82) is 0 Å². The van der Waals surface area contributed by atoms with Crippen LogP contribution in [-0.4, -0.2) is 20.6 Å². The minimum absolute atomic E-state index is 0.0506. The number of carboxylic acid groups (broad SMARTS) is 1. The van der Waals surface area contributed by atoms with Gasteiger partial charge in [-0.25, -0.2) is 9.78 Å². The van der Waals surface area contributed by atoms with Gasteiger partial charge in [-0.2, -0.15) is 0 Å². The molecular weight excluding hydrogens is 307 g/mol. The molecule has 0 atom stereocenters. The third kappa shape index (κ3) is 2.01. The summed E-state index contributed by atoms with van der Waals surface area (Å²) in [5.74, 6) is -1.01. The van der Waals surface area contributed by atoms with Gasteiger partial charge in [0.05, 0.1) is 5.69 Å². The molecule has 0 saturated carbocycles. The molecule has 76 valence electrons. The van der Waals surface area contributed by atoms with Crippen LogP contribution in [0.5, 0.6) is 0 Å². The van der Waals surface area contributed by atoms with E-state index in [2.05, 4.69) is 27.6 Å². The number of aromatic nitrogens is 2. The van der Waals surface area contributed by atoms with Gasteiger partial charge in [-0.15, -0.1) is 0 Å². The first kappa shape index (κ1) is 10.2. The average Bonchev–Trinajstić information content (AvgIpc) is 2.67. The van der Waals surface area contributed by atoms with Gasteiger partial charge in [-0.1, -0.05) is 12.1 Å². The van der Waals surface area contributed by atoms with Crippen molar-refractivity contribution in [3.8, 4) is 5.69 Å². The van der Waals surface area contributed by atoms with E-state index in [9.17, 15) is 4.79 Å². The number of halogens is 1. The zero-order valence-corrected chi connectivity index (χ0v) is 9.75. The zero-order chi connectivity index (χ0) is 10.8. The first-order valence-electron chi connectivity index (χ1n) is 4.20. The number of hydrogen-bond donors (Lipinski definition) is 1. The molecule has 4 nitrogen and oxygen atoms in total. The number of aromatic carboxylic acids is 1. The summed E-state index contributed by atoms with van der Waals surface area (Å²) in [5, 5.41) is 8.74. The molecular formula is C10H7IN2O2. The van der Waals surface area contributed by atoms with Gasteiger partial charge in [-0.05, 0) is 34.7 Å². The van der Waals surface area contributed by atoms with Gasteiger partial charge in [0.25, 0.3) is 0 Å². The maximum Gasteiger partial charge on any atom is 0.356 e. The largest absolute Gasteiger partial charge is 0.476 e. The second-order valence-electron chi connectivity index (χ2n) is 2.92. The lowest BCUT2D eigenvalue weighted by atomic mass is 10.3. The minimum Gasteiger partial charge on any atom is -0.476 e. The van der Waals surface area contributed by atoms with Crippen molar-refractivity contribution >= 4 is 28.6 Å². The number of nitrogens with zero attached hydrogens (tertiary/aromatic N) is 2. The Balaban J connectivity index is 2.46. The fourth-order valence-corrected chi connectivity index (χ4v) is 1.89. The van der Waals surface area contributed by atoms with E-state index in [0.29, 0.717) is 0 Å². The number of para-hydroxylation sites is 1. The predicted molar refractivity (Wildman–Crippen MR) is 63.2 cm³/mol. The maximum absolute atomic E-state index is 10.7. The monoisotopic (exact) mass is 314 g/mol. The molecule has 1 N–H and O–H groups in total. The van der Waals surface area contributed by atoms with Crippen LogP contribution in [0.1, 0.15) is 10.5 Å². The third-order valence-electron chi connectivity index (χ3n) is 1.93. The highest BCUT2D eigenvalue weighted by Gasteiger charge is 2.08. The number of carboxylic acids is 1. The van der Waals surface area contributed by atoms with Crippen LogP contribution in [0, 0.1) is 3.57 Å². The summed E-state index contributed by atoms with van der Waals surface area (Å²) >= 11 is 2.19. The molecule has 0 fully saturated rings. The minimum atomic E-state index is -1.01. The van der Waals surface area contributed by atoms with E-state index in [4.69, 9.17) is 5.11 Å². The van der Waals surface area contributed by atoms with Crippen LogP contribution in [-0.2, 0) is 0 Å². The highest BCUT2D eigenvalue weighted by atomic mass is 127. The summed E-state index contributed by atoms with van der Waals surface area (Å²) < 4.78 is 2.75. The second kappa shape index (κ2) is 4.01. The lowest BCUT2D eigenvalue weighted by Gasteiger charge is -2.03. The molecule has 1 heterocycles. The molecule has 1 aromatic carbocycles. The fourth-order valence-electron chi connectivity index (χ4n) is 1.23. The van der Waals surface area contributed by atoms with E-state index >= 15 is 0 Å². The van der Waals surface area contributed by atoms with Crippen LogP contribution >= 0.6 is 22.6 Å². The molecule has 0 radical (unpaired) electrons. The van der Waals surface area contributed by atoms with Gasteiger partial charge in [0.2, 0.25) is 0 Å². The van der Waals surface area contributed by atoms with Crippen molar-refractivity contribution in [1.82, 2.24) is 9.55 Å². The Morgan fingerprint density at radius 3 is 2.73 bits per heavy atom. The summed E-state index contributed by atoms with van der Waals surface area (Å²) in [6.45, 7) is 0. The number of hydrogen-bond acceptors (Lipinski definition) is 2. The third-order valence-corrected chi connectivity index (χ3v) is 2.84. The summed E-state index contributed by atoms with van der Waals surface area (Å²) in [6, 6.07) is 7.70. The molecule has 0 aliphatic carbocycles. The molecule has 2 aromatic rings. The molecule has 0 unspecified atom stereocenters. The molecule has 0 amide bonds. The van der Waals surface area contributed by atoms with Crippen LogP contribution in [0.25, 0.3) is 5.69 Å². The quantitative estimate of drug-likeness (QED) is 0.865. The standard InChI is InChI=1S/C10H7IN2O2/c11-7-3-1-2-4-9(7)13-5-8(10(14)15)12-6-13/h1-6H,(H,14,15). The fraction of sp³-hybridized carbons (Fsp3) is 0. The van der Waals surface area contributed by atoms with Gasteiger partial charge in [0.15, 0.2) is 5.69 Å². The van der Waals surface area contributed by atoms with Crippen molar-refractivity contribution in [3.05, 3.63) is 46.1 Å². The molecule has 0 aliphatic rings. The summed E-state index contributed by atoms with van der Waals surface area (Å²) in [6.07, 6.45) is 3.00. The smallest absolute Gasteiger partial charge is 0.356 e. The van der Waals surface area contributed by atoms with Crippen LogP contribution in [0.3, 0.4) is 0 Å². The molecule has 1 aromatic heterocycles. The Bertz CT molecular complexity index is 508. The summed E-state index contributed by atoms with van der Waals surface area (Å²) in [5.41, 5.74) is 0.979. The van der Waals surface area contributed by atoms with E-state index in [1.54, 1.807) is 4.57 Å². The van der Waals surface area contributed by atoms with Crippen LogP contribution < -0.4 is 0 Å². The Morgan fingerprint density at radius 1 is 1.40 bits per heavy atom. The van der Waals surface area contributed by atoms with E-state index in [0.717, 1.165) is 9.26 Å². The Hall–Kier alpha value is -1.37. The first-order valence-corrected chi connectivity index (χ1v) is 5.28. The van der Waals surface area contributed by atoms with Crippen molar-refractivity contribution in [2.75, 3.05) is 0 Å². The van der Waals surface area contributed by atoms with E-state index in [1.807, 2.05) is 24.3 Å². The lowest BCUT2D eigenvalue weighted by molar-refractivity contribution is 0.0691. The number of benzene rings is 1. The molecule has 2 rings (SSSR count). The lowest BCUT2D eigenvalue weighted by Crippen LogP contribution is -1.96. The highest BCUT2D eigenvalue weighted by Crippen LogP contribution is 2.16. The Morgan fingerprint density at radius 2 is 2.13 bits per heavy atom. The van der Waals surface area contributed by atoms with Gasteiger partial charge < -0.3 is 9.67 Å². The molecule has 0 bridgehead atoms. The summed E-state index contributed by atoms with van der Waals surface area (Å²) in [4.78, 5) is 14.4. The van der Waals surface area contributed by atoms with Gasteiger partial charge in [0, 0.05) is 9.77 Å².